The van der Waals surface area contributed by atoms with Gasteiger partial charge in [-0.3, -0.25) is 19.4 Å². The van der Waals surface area contributed by atoms with Crippen LogP contribution >= 0.6 is 0 Å². The first-order valence-corrected chi connectivity index (χ1v) is 9.11. The normalized spacial score (nSPS) is 17.0. The summed E-state index contributed by atoms with van der Waals surface area (Å²) < 4.78 is 0. The second kappa shape index (κ2) is 10.2. The van der Waals surface area contributed by atoms with Gasteiger partial charge >= 0.3 is 0 Å². The van der Waals surface area contributed by atoms with Crippen LogP contribution in [0, 0.1) is 0 Å². The van der Waals surface area contributed by atoms with E-state index in [1.54, 1.807) is 0 Å². The van der Waals surface area contributed by atoms with Gasteiger partial charge in [0.25, 0.3) is 0 Å². The van der Waals surface area contributed by atoms with Gasteiger partial charge in [0.2, 0.25) is 11.8 Å². The molecule has 1 unspecified atom stereocenters. The first kappa shape index (κ1) is 19.4. The zero-order chi connectivity index (χ0) is 18.1. The number of amides is 2. The maximum Gasteiger partial charge on any atom is 0.234 e. The van der Waals surface area contributed by atoms with Crippen LogP contribution < -0.4 is 10.6 Å². The van der Waals surface area contributed by atoms with Crippen LogP contribution in [0.15, 0.2) is 30.3 Å². The number of benzene rings is 1. The highest BCUT2D eigenvalue weighted by molar-refractivity contribution is 5.78. The van der Waals surface area contributed by atoms with Gasteiger partial charge in [0, 0.05) is 38.8 Å². The second-order valence-corrected chi connectivity index (χ2v) is 6.69. The molecule has 1 heterocycles. The number of carbonyl (C=O) groups excluding carboxylic acids is 2. The van der Waals surface area contributed by atoms with Crippen LogP contribution in [0.5, 0.6) is 0 Å². The van der Waals surface area contributed by atoms with Crippen LogP contribution in [0.4, 0.5) is 0 Å². The van der Waals surface area contributed by atoms with Gasteiger partial charge < -0.3 is 10.6 Å². The van der Waals surface area contributed by atoms with Gasteiger partial charge in [0.05, 0.1) is 13.1 Å². The van der Waals surface area contributed by atoms with Crippen molar-refractivity contribution >= 4 is 11.8 Å². The summed E-state index contributed by atoms with van der Waals surface area (Å²) in [4.78, 5) is 28.3. The molecule has 0 bridgehead atoms. The Morgan fingerprint density at radius 2 is 1.56 bits per heavy atom. The van der Waals surface area contributed by atoms with Crippen molar-refractivity contribution in [2.75, 3.05) is 39.3 Å². The van der Waals surface area contributed by atoms with Crippen LogP contribution in [0.3, 0.4) is 0 Å². The number of hydrogen-bond acceptors (Lipinski definition) is 4. The molecule has 2 amide bonds. The molecular formula is C19H30N4O2. The third-order valence-electron chi connectivity index (χ3n) is 4.55. The number of hydrogen-bond donors (Lipinski definition) is 2. The summed E-state index contributed by atoms with van der Waals surface area (Å²) in [5.41, 5.74) is 1.10. The summed E-state index contributed by atoms with van der Waals surface area (Å²) in [7, 11) is 0. The molecule has 2 N–H and O–H groups in total. The van der Waals surface area contributed by atoms with Crippen molar-refractivity contribution in [3.05, 3.63) is 35.9 Å². The number of nitrogens with zero attached hydrogens (tertiary/aromatic N) is 2. The summed E-state index contributed by atoms with van der Waals surface area (Å²) in [5.74, 6) is 0.134. The Kier molecular flexibility index (Phi) is 7.88. The van der Waals surface area contributed by atoms with Crippen LogP contribution in [0.1, 0.15) is 25.8 Å². The lowest BCUT2D eigenvalue weighted by Gasteiger charge is -2.34. The Morgan fingerprint density at radius 1 is 1.00 bits per heavy atom. The summed E-state index contributed by atoms with van der Waals surface area (Å²) in [5, 5.41) is 5.95. The van der Waals surface area contributed by atoms with E-state index in [0.717, 1.165) is 38.2 Å². The summed E-state index contributed by atoms with van der Waals surface area (Å²) in [6.07, 6.45) is 0.942. The van der Waals surface area contributed by atoms with Crippen molar-refractivity contribution in [2.45, 2.75) is 32.9 Å². The van der Waals surface area contributed by atoms with Gasteiger partial charge in [-0.1, -0.05) is 37.3 Å². The van der Waals surface area contributed by atoms with Crippen LogP contribution in [0.25, 0.3) is 0 Å². The van der Waals surface area contributed by atoms with E-state index < -0.39 is 0 Å². The predicted octanol–water partition coefficient (Wildman–Crippen LogP) is 0.835. The van der Waals surface area contributed by atoms with Crippen molar-refractivity contribution in [3.63, 3.8) is 0 Å². The molecule has 1 aromatic rings. The minimum atomic E-state index is 0.0480. The van der Waals surface area contributed by atoms with Crippen LogP contribution in [-0.2, 0) is 16.1 Å². The van der Waals surface area contributed by atoms with Gasteiger partial charge in [0.1, 0.15) is 0 Å². The Morgan fingerprint density at radius 3 is 2.12 bits per heavy atom. The largest absolute Gasteiger partial charge is 0.353 e. The molecular weight excluding hydrogens is 316 g/mol. The molecule has 0 spiro atoms. The number of piperazine rings is 1. The number of nitrogens with one attached hydrogen (secondary N) is 2. The van der Waals surface area contributed by atoms with E-state index in [0.29, 0.717) is 19.6 Å². The Hall–Kier alpha value is -1.92. The predicted molar refractivity (Wildman–Crippen MR) is 99.1 cm³/mol. The third kappa shape index (κ3) is 7.23. The van der Waals surface area contributed by atoms with Crippen molar-refractivity contribution in [1.29, 1.82) is 0 Å². The van der Waals surface area contributed by atoms with Gasteiger partial charge in [-0.25, -0.2) is 0 Å². The quantitative estimate of drug-likeness (QED) is 0.732. The molecule has 1 aromatic carbocycles. The van der Waals surface area contributed by atoms with Crippen molar-refractivity contribution in [3.8, 4) is 0 Å². The molecule has 0 saturated carbocycles. The van der Waals surface area contributed by atoms with Crippen molar-refractivity contribution in [2.24, 2.45) is 0 Å². The average Bonchev–Trinajstić information content (AvgIpc) is 2.62. The Labute approximate surface area is 150 Å². The molecule has 1 atom stereocenters. The fraction of sp³-hybridized carbons (Fsp3) is 0.579. The van der Waals surface area contributed by atoms with Crippen LogP contribution in [-0.4, -0.2) is 66.9 Å². The molecule has 25 heavy (non-hydrogen) atoms. The topological polar surface area (TPSA) is 64.7 Å². The van der Waals surface area contributed by atoms with E-state index in [1.165, 1.54) is 0 Å². The van der Waals surface area contributed by atoms with E-state index in [4.69, 9.17) is 0 Å². The molecule has 138 valence electrons. The molecule has 1 aliphatic heterocycles. The van der Waals surface area contributed by atoms with Crippen LogP contribution in [0.2, 0.25) is 0 Å². The molecule has 0 aliphatic carbocycles. The van der Waals surface area contributed by atoms with E-state index in [9.17, 15) is 9.59 Å². The zero-order valence-electron chi connectivity index (χ0n) is 15.3. The van der Waals surface area contributed by atoms with E-state index in [1.807, 2.05) is 37.3 Å². The lowest BCUT2D eigenvalue weighted by Crippen LogP contribution is -2.52. The molecule has 1 saturated heterocycles. The summed E-state index contributed by atoms with van der Waals surface area (Å²) >= 11 is 0. The first-order chi connectivity index (χ1) is 12.1. The molecule has 0 aromatic heterocycles. The lowest BCUT2D eigenvalue weighted by molar-refractivity contribution is -0.125. The van der Waals surface area contributed by atoms with Crippen molar-refractivity contribution < 1.29 is 9.59 Å². The summed E-state index contributed by atoms with van der Waals surface area (Å²) in [6.45, 7) is 8.77. The van der Waals surface area contributed by atoms with Gasteiger partial charge in [-0.2, -0.15) is 0 Å². The van der Waals surface area contributed by atoms with Gasteiger partial charge in [-0.05, 0) is 18.9 Å². The third-order valence-corrected chi connectivity index (χ3v) is 4.55. The highest BCUT2D eigenvalue weighted by Crippen LogP contribution is 2.02. The molecule has 2 rings (SSSR count). The highest BCUT2D eigenvalue weighted by Gasteiger charge is 2.20. The smallest absolute Gasteiger partial charge is 0.234 e. The van der Waals surface area contributed by atoms with Crippen molar-refractivity contribution in [1.82, 2.24) is 20.4 Å². The summed E-state index contributed by atoms with van der Waals surface area (Å²) in [6, 6.07) is 10.1. The minimum absolute atomic E-state index is 0.0480. The van der Waals surface area contributed by atoms with Gasteiger partial charge in [0.15, 0.2) is 0 Å². The highest BCUT2D eigenvalue weighted by atomic mass is 16.2. The minimum Gasteiger partial charge on any atom is -0.353 e. The SMILES string of the molecule is CCC(C)NC(=O)CN1CCN(CC(=O)NCc2ccccc2)CC1. The van der Waals surface area contributed by atoms with E-state index in [2.05, 4.69) is 27.4 Å². The second-order valence-electron chi connectivity index (χ2n) is 6.69. The fourth-order valence-corrected chi connectivity index (χ4v) is 2.79. The fourth-order valence-electron chi connectivity index (χ4n) is 2.79. The van der Waals surface area contributed by atoms with E-state index in [-0.39, 0.29) is 17.9 Å². The lowest BCUT2D eigenvalue weighted by atomic mass is 10.2. The number of rotatable bonds is 8. The Balaban J connectivity index is 1.63. The first-order valence-electron chi connectivity index (χ1n) is 9.11. The molecule has 0 radical (unpaired) electrons. The Bertz CT molecular complexity index is 542. The molecule has 6 heteroatoms. The zero-order valence-corrected chi connectivity index (χ0v) is 15.3. The monoisotopic (exact) mass is 346 g/mol. The molecule has 1 fully saturated rings. The maximum absolute atomic E-state index is 12.1. The maximum atomic E-state index is 12.1. The average molecular weight is 346 g/mol. The standard InChI is InChI=1S/C19H30N4O2/c1-3-16(2)21-19(25)15-23-11-9-22(10-12-23)14-18(24)20-13-17-7-5-4-6-8-17/h4-8,16H,3,9-15H2,1-2H3,(H,20,24)(H,21,25). The number of carbonyl (C=O) groups is 2. The molecule has 6 nitrogen and oxygen atoms in total. The van der Waals surface area contributed by atoms with Gasteiger partial charge in [-0.15, -0.1) is 0 Å². The molecule has 1 aliphatic rings. The van der Waals surface area contributed by atoms with E-state index >= 15 is 0 Å².